The van der Waals surface area contributed by atoms with Crippen LogP contribution in [0.15, 0.2) is 54.6 Å². The normalized spacial score (nSPS) is 11.3. The van der Waals surface area contributed by atoms with Crippen LogP contribution in [0.4, 0.5) is 5.69 Å². The summed E-state index contributed by atoms with van der Waals surface area (Å²) >= 11 is 12.2. The lowest BCUT2D eigenvalue weighted by Crippen LogP contribution is -2.14. The summed E-state index contributed by atoms with van der Waals surface area (Å²) in [5, 5.41) is 21.3. The van der Waals surface area contributed by atoms with E-state index < -0.39 is 0 Å². The number of aromatic hydroxyl groups is 1. The third-order valence-electron chi connectivity index (χ3n) is 4.89. The molecule has 4 N–H and O–H groups in total. The van der Waals surface area contributed by atoms with E-state index in [2.05, 4.69) is 25.5 Å². The first-order valence-corrected chi connectivity index (χ1v) is 10.1. The zero-order valence-electron chi connectivity index (χ0n) is 15.9. The Morgan fingerprint density at radius 2 is 1.77 bits per heavy atom. The Morgan fingerprint density at radius 3 is 2.58 bits per heavy atom. The summed E-state index contributed by atoms with van der Waals surface area (Å²) in [6.07, 6.45) is 0.201. The maximum atomic E-state index is 12.3. The Labute approximate surface area is 186 Å². The van der Waals surface area contributed by atoms with Crippen molar-refractivity contribution in [2.24, 2.45) is 0 Å². The van der Waals surface area contributed by atoms with Gasteiger partial charge < -0.3 is 15.4 Å². The van der Waals surface area contributed by atoms with Gasteiger partial charge in [0.05, 0.1) is 33.0 Å². The van der Waals surface area contributed by atoms with Crippen LogP contribution in [0.25, 0.3) is 33.5 Å². The van der Waals surface area contributed by atoms with Crippen LogP contribution in [-0.2, 0) is 11.2 Å². The lowest BCUT2D eigenvalue weighted by Gasteiger charge is -2.05. The molecule has 5 rings (SSSR count). The van der Waals surface area contributed by atoms with Crippen molar-refractivity contribution in [3.8, 4) is 17.3 Å². The summed E-state index contributed by atoms with van der Waals surface area (Å²) in [5.41, 5.74) is 4.38. The van der Waals surface area contributed by atoms with E-state index in [9.17, 15) is 9.90 Å². The summed E-state index contributed by atoms with van der Waals surface area (Å²) in [6.45, 7) is 0. The van der Waals surface area contributed by atoms with Crippen molar-refractivity contribution >= 4 is 56.7 Å². The number of H-pyrrole nitrogens is 2. The number of benzene rings is 3. The summed E-state index contributed by atoms with van der Waals surface area (Å²) in [7, 11) is 0. The summed E-state index contributed by atoms with van der Waals surface area (Å²) in [6, 6.07) is 15.4. The number of nitrogens with one attached hydrogen (secondary N) is 3. The maximum absolute atomic E-state index is 12.3. The highest BCUT2D eigenvalue weighted by molar-refractivity contribution is 6.42. The van der Waals surface area contributed by atoms with Crippen LogP contribution >= 0.6 is 23.2 Å². The average molecular weight is 452 g/mol. The topological polar surface area (TPSA) is 107 Å². The minimum absolute atomic E-state index is 0.147. The highest BCUT2D eigenvalue weighted by Crippen LogP contribution is 2.31. The molecule has 0 fully saturated rings. The fraction of sp³-hybridized carbons (Fsp3) is 0.0455. The van der Waals surface area contributed by atoms with Gasteiger partial charge in [-0.1, -0.05) is 35.3 Å². The molecule has 0 aliphatic heterocycles. The Balaban J connectivity index is 1.39. The first-order valence-electron chi connectivity index (χ1n) is 9.37. The minimum Gasteiger partial charge on any atom is -0.508 e. The van der Waals surface area contributed by atoms with Crippen LogP contribution in [0.1, 0.15) is 5.56 Å². The number of imidazole rings is 1. The largest absolute Gasteiger partial charge is 0.508 e. The van der Waals surface area contributed by atoms with Crippen molar-refractivity contribution in [3.63, 3.8) is 0 Å². The highest BCUT2D eigenvalue weighted by Gasteiger charge is 2.15. The molecule has 154 valence electrons. The van der Waals surface area contributed by atoms with Gasteiger partial charge in [0.1, 0.15) is 11.4 Å². The molecular weight excluding hydrogens is 437 g/mol. The lowest BCUT2D eigenvalue weighted by atomic mass is 10.1. The quantitative estimate of drug-likeness (QED) is 0.278. The van der Waals surface area contributed by atoms with Crippen molar-refractivity contribution < 1.29 is 9.90 Å². The second kappa shape index (κ2) is 7.61. The number of rotatable bonds is 4. The molecule has 3 aromatic carbocycles. The van der Waals surface area contributed by atoms with Crippen LogP contribution in [0.5, 0.6) is 5.75 Å². The van der Waals surface area contributed by atoms with Crippen LogP contribution in [0, 0.1) is 0 Å². The third kappa shape index (κ3) is 3.81. The van der Waals surface area contributed by atoms with Gasteiger partial charge in [-0.15, -0.1) is 0 Å². The number of hydrogen-bond acceptors (Lipinski definition) is 4. The van der Waals surface area contributed by atoms with Gasteiger partial charge in [-0.05, 0) is 48.0 Å². The van der Waals surface area contributed by atoms with Crippen molar-refractivity contribution in [1.82, 2.24) is 20.2 Å². The van der Waals surface area contributed by atoms with Crippen molar-refractivity contribution in [2.75, 3.05) is 5.32 Å². The van der Waals surface area contributed by atoms with Crippen molar-refractivity contribution in [2.45, 2.75) is 6.42 Å². The van der Waals surface area contributed by atoms with Crippen LogP contribution in [0.3, 0.4) is 0 Å². The standard InChI is InChI=1S/C22H15Cl2N5O2/c23-15-9-18-19(10-16(15)24)27-22(26-18)21-14-6-1-11(7-17(14)28-29-21)8-20(31)25-12-2-4-13(30)5-3-12/h1-7,9-10,30H,8H2,(H,25,31)(H,26,27)(H,28,29). The molecule has 0 radical (unpaired) electrons. The molecule has 1 amide bonds. The molecule has 0 saturated heterocycles. The smallest absolute Gasteiger partial charge is 0.228 e. The molecule has 0 unspecified atom stereocenters. The number of amides is 1. The number of aromatic nitrogens is 4. The Bertz CT molecular complexity index is 1400. The van der Waals surface area contributed by atoms with E-state index in [1.54, 1.807) is 24.3 Å². The van der Waals surface area contributed by atoms with Gasteiger partial charge in [0.15, 0.2) is 5.82 Å². The van der Waals surface area contributed by atoms with Crippen LogP contribution < -0.4 is 5.32 Å². The van der Waals surface area contributed by atoms with Crippen LogP contribution in [0.2, 0.25) is 10.0 Å². The molecule has 0 spiro atoms. The number of phenolic OH excluding ortho intramolecular Hbond substituents is 1. The number of anilines is 1. The first kappa shape index (κ1) is 19.4. The highest BCUT2D eigenvalue weighted by atomic mass is 35.5. The Kier molecular flexibility index (Phi) is 4.77. The SMILES string of the molecule is O=C(Cc1ccc2c(-c3nc4cc(Cl)c(Cl)cc4[nH]3)n[nH]c2c1)Nc1ccc(O)cc1. The molecule has 0 aliphatic carbocycles. The zero-order chi connectivity index (χ0) is 21.5. The van der Waals surface area contributed by atoms with E-state index in [1.165, 1.54) is 12.1 Å². The predicted molar refractivity (Wildman–Crippen MR) is 122 cm³/mol. The Morgan fingerprint density at radius 1 is 1.00 bits per heavy atom. The molecule has 2 aromatic heterocycles. The zero-order valence-corrected chi connectivity index (χ0v) is 17.4. The maximum Gasteiger partial charge on any atom is 0.228 e. The Hall–Kier alpha value is -3.55. The van der Waals surface area contributed by atoms with Gasteiger partial charge >= 0.3 is 0 Å². The monoisotopic (exact) mass is 451 g/mol. The first-order chi connectivity index (χ1) is 15.0. The fourth-order valence-electron chi connectivity index (χ4n) is 3.41. The third-order valence-corrected chi connectivity index (χ3v) is 5.61. The molecule has 0 bridgehead atoms. The van der Waals surface area contributed by atoms with E-state index in [1.807, 2.05) is 18.2 Å². The molecule has 0 aliphatic rings. The van der Waals surface area contributed by atoms with Crippen molar-refractivity contribution in [1.29, 1.82) is 0 Å². The minimum atomic E-state index is -0.157. The van der Waals surface area contributed by atoms with E-state index >= 15 is 0 Å². The number of carbonyl (C=O) groups is 1. The average Bonchev–Trinajstić information content (AvgIpc) is 3.33. The molecule has 0 saturated carbocycles. The van der Waals surface area contributed by atoms with E-state index in [0.717, 1.165) is 22.0 Å². The number of aromatic amines is 2. The van der Waals surface area contributed by atoms with Gasteiger partial charge in [0, 0.05) is 11.1 Å². The number of phenols is 1. The molecular formula is C22H15Cl2N5O2. The molecule has 5 aromatic rings. The number of hydrogen-bond donors (Lipinski definition) is 4. The summed E-state index contributed by atoms with van der Waals surface area (Å²) < 4.78 is 0. The number of fused-ring (bicyclic) bond motifs is 2. The summed E-state index contributed by atoms with van der Waals surface area (Å²) in [4.78, 5) is 20.1. The second-order valence-corrected chi connectivity index (χ2v) is 7.91. The number of carbonyl (C=O) groups excluding carboxylic acids is 1. The lowest BCUT2D eigenvalue weighted by molar-refractivity contribution is -0.115. The van der Waals surface area contributed by atoms with Crippen LogP contribution in [-0.4, -0.2) is 31.2 Å². The van der Waals surface area contributed by atoms with E-state index in [0.29, 0.717) is 32.8 Å². The van der Waals surface area contributed by atoms with Crippen molar-refractivity contribution in [3.05, 3.63) is 70.2 Å². The summed E-state index contributed by atoms with van der Waals surface area (Å²) in [5.74, 6) is 0.586. The van der Waals surface area contributed by atoms with E-state index in [4.69, 9.17) is 23.2 Å². The fourth-order valence-corrected chi connectivity index (χ4v) is 3.73. The van der Waals surface area contributed by atoms with E-state index in [-0.39, 0.29) is 18.1 Å². The molecule has 9 heteroatoms. The predicted octanol–water partition coefficient (Wildman–Crippen LogP) is 5.30. The van der Waals surface area contributed by atoms with Gasteiger partial charge in [-0.25, -0.2) is 4.98 Å². The number of halogens is 2. The number of nitrogens with zero attached hydrogens (tertiary/aromatic N) is 2. The molecule has 0 atom stereocenters. The molecule has 2 heterocycles. The van der Waals surface area contributed by atoms with Gasteiger partial charge in [-0.2, -0.15) is 5.10 Å². The molecule has 7 nitrogen and oxygen atoms in total. The molecule has 31 heavy (non-hydrogen) atoms. The second-order valence-electron chi connectivity index (χ2n) is 7.09. The van der Waals surface area contributed by atoms with Gasteiger partial charge in [0.25, 0.3) is 0 Å². The van der Waals surface area contributed by atoms with Gasteiger partial charge in [0.2, 0.25) is 5.91 Å². The van der Waals surface area contributed by atoms with Gasteiger partial charge in [-0.3, -0.25) is 9.89 Å².